The highest BCUT2D eigenvalue weighted by molar-refractivity contribution is 5.26. The van der Waals surface area contributed by atoms with Gasteiger partial charge >= 0.3 is 0 Å². The molecule has 0 radical (unpaired) electrons. The van der Waals surface area contributed by atoms with E-state index in [-0.39, 0.29) is 5.60 Å². The largest absolute Gasteiger partial charge is 0.374 e. The second-order valence-electron chi connectivity index (χ2n) is 6.32. The molecule has 0 saturated carbocycles. The first-order valence-electron chi connectivity index (χ1n) is 7.40. The van der Waals surface area contributed by atoms with Crippen LogP contribution in [0.25, 0.3) is 0 Å². The predicted molar refractivity (Wildman–Crippen MR) is 83.8 cm³/mol. The Morgan fingerprint density at radius 2 is 1.70 bits per heavy atom. The second kappa shape index (κ2) is 8.40. The fourth-order valence-corrected chi connectivity index (χ4v) is 1.77. The van der Waals surface area contributed by atoms with Crippen LogP contribution in [0, 0.1) is 0 Å². The van der Waals surface area contributed by atoms with Gasteiger partial charge in [0.2, 0.25) is 0 Å². The van der Waals surface area contributed by atoms with Gasteiger partial charge in [0.1, 0.15) is 0 Å². The summed E-state index contributed by atoms with van der Waals surface area (Å²) in [5.74, 6) is 0. The van der Waals surface area contributed by atoms with E-state index in [4.69, 9.17) is 9.47 Å². The average Bonchev–Trinajstić information content (AvgIpc) is 2.35. The Bertz CT molecular complexity index is 383. The summed E-state index contributed by atoms with van der Waals surface area (Å²) >= 11 is 0. The lowest BCUT2D eigenvalue weighted by Crippen LogP contribution is -2.23. The van der Waals surface area contributed by atoms with Gasteiger partial charge in [-0.1, -0.05) is 38.1 Å². The molecule has 1 aromatic carbocycles. The molecular formula is C17H29NO2. The smallest absolute Gasteiger partial charge is 0.0721 e. The monoisotopic (exact) mass is 279 g/mol. The highest BCUT2D eigenvalue weighted by atomic mass is 16.5. The lowest BCUT2D eigenvalue weighted by atomic mass is 10.1. The van der Waals surface area contributed by atoms with Crippen LogP contribution in [0.1, 0.15) is 45.7 Å². The minimum absolute atomic E-state index is 0.0948. The maximum Gasteiger partial charge on any atom is 0.0721 e. The maximum absolute atomic E-state index is 5.71. The molecule has 0 aliphatic carbocycles. The molecule has 0 atom stereocenters. The Balaban J connectivity index is 2.36. The molecule has 1 aromatic rings. The third-order valence-electron chi connectivity index (χ3n) is 2.84. The molecule has 0 heterocycles. The third kappa shape index (κ3) is 7.63. The molecule has 0 bridgehead atoms. The van der Waals surface area contributed by atoms with Gasteiger partial charge in [-0.25, -0.2) is 0 Å². The first-order valence-corrected chi connectivity index (χ1v) is 7.40. The molecule has 0 aliphatic rings. The van der Waals surface area contributed by atoms with Crippen molar-refractivity contribution in [3.8, 4) is 0 Å². The highest BCUT2D eigenvalue weighted by Gasteiger charge is 2.09. The highest BCUT2D eigenvalue weighted by Crippen LogP contribution is 2.11. The predicted octanol–water partition coefficient (Wildman–Crippen LogP) is 3.52. The van der Waals surface area contributed by atoms with Crippen LogP contribution in [0.5, 0.6) is 0 Å². The van der Waals surface area contributed by atoms with Crippen LogP contribution in [0.3, 0.4) is 0 Å². The molecular weight excluding hydrogens is 250 g/mol. The van der Waals surface area contributed by atoms with Crippen molar-refractivity contribution >= 4 is 0 Å². The summed E-state index contributed by atoms with van der Waals surface area (Å²) in [6.45, 7) is 13.3. The molecule has 0 amide bonds. The summed E-state index contributed by atoms with van der Waals surface area (Å²) in [7, 11) is 0. The summed E-state index contributed by atoms with van der Waals surface area (Å²) in [5, 5.41) is 3.44. The van der Waals surface area contributed by atoms with E-state index in [2.05, 4.69) is 64.2 Å². The van der Waals surface area contributed by atoms with E-state index in [1.807, 2.05) is 0 Å². The van der Waals surface area contributed by atoms with Crippen LogP contribution in [-0.4, -0.2) is 24.9 Å². The number of nitrogens with one attached hydrogen (secondary N) is 1. The zero-order chi connectivity index (χ0) is 15.0. The average molecular weight is 279 g/mol. The molecule has 114 valence electrons. The van der Waals surface area contributed by atoms with Crippen molar-refractivity contribution in [2.45, 2.75) is 59.4 Å². The fraction of sp³-hybridized carbons (Fsp3) is 0.647. The van der Waals surface area contributed by atoms with E-state index in [1.54, 1.807) is 0 Å². The van der Waals surface area contributed by atoms with Crippen LogP contribution in [0.2, 0.25) is 0 Å². The summed E-state index contributed by atoms with van der Waals surface area (Å²) in [4.78, 5) is 0. The zero-order valence-electron chi connectivity index (χ0n) is 13.5. The van der Waals surface area contributed by atoms with Crippen molar-refractivity contribution < 1.29 is 9.47 Å². The van der Waals surface area contributed by atoms with E-state index >= 15 is 0 Å². The van der Waals surface area contributed by atoms with Gasteiger partial charge in [-0.2, -0.15) is 0 Å². The Labute approximate surface area is 123 Å². The van der Waals surface area contributed by atoms with Crippen molar-refractivity contribution in [1.82, 2.24) is 5.32 Å². The van der Waals surface area contributed by atoms with E-state index < -0.39 is 0 Å². The molecule has 0 aliphatic heterocycles. The first kappa shape index (κ1) is 17.2. The Hall–Kier alpha value is -0.900. The number of hydrogen-bond acceptors (Lipinski definition) is 3. The second-order valence-corrected chi connectivity index (χ2v) is 6.32. The van der Waals surface area contributed by atoms with Crippen LogP contribution < -0.4 is 5.32 Å². The molecule has 0 spiro atoms. The standard InChI is InChI=1S/C17H29NO2/c1-14(2)18-12-15-8-6-7-9-16(15)13-19-10-11-20-17(3,4)5/h6-9,14,18H,10-13H2,1-5H3. The van der Waals surface area contributed by atoms with Gasteiger partial charge < -0.3 is 14.8 Å². The van der Waals surface area contributed by atoms with Crippen LogP contribution in [-0.2, 0) is 22.6 Å². The summed E-state index contributed by atoms with van der Waals surface area (Å²) in [5.41, 5.74) is 2.46. The Morgan fingerprint density at radius 1 is 1.05 bits per heavy atom. The van der Waals surface area contributed by atoms with Crippen molar-refractivity contribution in [3.63, 3.8) is 0 Å². The molecule has 3 heteroatoms. The fourth-order valence-electron chi connectivity index (χ4n) is 1.77. The van der Waals surface area contributed by atoms with Crippen LogP contribution in [0.4, 0.5) is 0 Å². The maximum atomic E-state index is 5.71. The van der Waals surface area contributed by atoms with E-state index in [1.165, 1.54) is 11.1 Å². The molecule has 0 fully saturated rings. The first-order chi connectivity index (χ1) is 9.38. The van der Waals surface area contributed by atoms with Crippen molar-refractivity contribution in [3.05, 3.63) is 35.4 Å². The molecule has 1 rings (SSSR count). The minimum Gasteiger partial charge on any atom is -0.374 e. The van der Waals surface area contributed by atoms with Crippen LogP contribution in [0.15, 0.2) is 24.3 Å². The van der Waals surface area contributed by atoms with Gasteiger partial charge in [0.25, 0.3) is 0 Å². The molecule has 0 saturated heterocycles. The van der Waals surface area contributed by atoms with Crippen molar-refractivity contribution in [2.75, 3.05) is 13.2 Å². The third-order valence-corrected chi connectivity index (χ3v) is 2.84. The lowest BCUT2D eigenvalue weighted by molar-refractivity contribution is -0.0377. The van der Waals surface area contributed by atoms with Gasteiger partial charge in [0.15, 0.2) is 0 Å². The zero-order valence-corrected chi connectivity index (χ0v) is 13.5. The minimum atomic E-state index is -0.0948. The summed E-state index contributed by atoms with van der Waals surface area (Å²) in [6.07, 6.45) is 0. The quantitative estimate of drug-likeness (QED) is 0.739. The van der Waals surface area contributed by atoms with E-state index in [9.17, 15) is 0 Å². The Morgan fingerprint density at radius 3 is 2.30 bits per heavy atom. The molecule has 0 aromatic heterocycles. The Kier molecular flexibility index (Phi) is 7.20. The number of benzene rings is 1. The lowest BCUT2D eigenvalue weighted by Gasteiger charge is -2.19. The normalized spacial score (nSPS) is 12.1. The summed E-state index contributed by atoms with van der Waals surface area (Å²) in [6, 6.07) is 8.90. The number of ether oxygens (including phenoxy) is 2. The van der Waals surface area contributed by atoms with E-state index in [0.717, 1.165) is 6.54 Å². The van der Waals surface area contributed by atoms with Gasteiger partial charge in [0.05, 0.1) is 25.4 Å². The molecule has 3 nitrogen and oxygen atoms in total. The van der Waals surface area contributed by atoms with Crippen molar-refractivity contribution in [2.24, 2.45) is 0 Å². The van der Waals surface area contributed by atoms with Gasteiger partial charge in [-0.3, -0.25) is 0 Å². The molecule has 20 heavy (non-hydrogen) atoms. The molecule has 1 N–H and O–H groups in total. The summed E-state index contributed by atoms with van der Waals surface area (Å²) < 4.78 is 11.3. The van der Waals surface area contributed by atoms with E-state index in [0.29, 0.717) is 25.9 Å². The topological polar surface area (TPSA) is 30.5 Å². The van der Waals surface area contributed by atoms with Gasteiger partial charge in [-0.15, -0.1) is 0 Å². The number of rotatable bonds is 8. The van der Waals surface area contributed by atoms with Crippen molar-refractivity contribution in [1.29, 1.82) is 0 Å². The van der Waals surface area contributed by atoms with Gasteiger partial charge in [-0.05, 0) is 31.9 Å². The SMILES string of the molecule is CC(C)NCc1ccccc1COCCOC(C)(C)C. The number of hydrogen-bond donors (Lipinski definition) is 1. The molecule has 0 unspecified atom stereocenters. The van der Waals surface area contributed by atoms with Crippen LogP contribution >= 0.6 is 0 Å². The van der Waals surface area contributed by atoms with Gasteiger partial charge in [0, 0.05) is 12.6 Å².